The van der Waals surface area contributed by atoms with Crippen LogP contribution in [0.3, 0.4) is 0 Å². The van der Waals surface area contributed by atoms with Gasteiger partial charge in [-0.2, -0.15) is 0 Å². The van der Waals surface area contributed by atoms with Crippen LogP contribution in [0.2, 0.25) is 5.02 Å². The number of methoxy groups -OCH3 is 1. The predicted molar refractivity (Wildman–Crippen MR) is 64.2 cm³/mol. The zero-order valence-corrected chi connectivity index (χ0v) is 10.5. The summed E-state index contributed by atoms with van der Waals surface area (Å²) in [5.74, 6) is -0.658. The highest BCUT2D eigenvalue weighted by Gasteiger charge is 2.51. The number of rotatable bonds is 3. The minimum absolute atomic E-state index is 0.00514. The van der Waals surface area contributed by atoms with Gasteiger partial charge in [0.25, 0.3) is 0 Å². The Hall–Kier alpha value is -1.00. The average molecular weight is 260 g/mol. The fourth-order valence-electron chi connectivity index (χ4n) is 2.32. The zero-order chi connectivity index (χ0) is 12.8. The Morgan fingerprint density at radius 2 is 2.18 bits per heavy atom. The third kappa shape index (κ3) is 1.76. The van der Waals surface area contributed by atoms with E-state index in [-0.39, 0.29) is 28.0 Å². The van der Waals surface area contributed by atoms with Crippen molar-refractivity contribution in [1.29, 1.82) is 0 Å². The number of nitrogens with two attached hydrogens (primary N) is 1. The summed E-state index contributed by atoms with van der Waals surface area (Å²) in [5, 5.41) is 9.70. The summed E-state index contributed by atoms with van der Waals surface area (Å²) in [6.07, 6.45) is 1.65. The normalized spacial score (nSPS) is 18.9. The average Bonchev–Trinajstić information content (AvgIpc) is 3.04. The number of hydrogen-bond donors (Lipinski definition) is 2. The van der Waals surface area contributed by atoms with Crippen molar-refractivity contribution in [3.63, 3.8) is 0 Å². The van der Waals surface area contributed by atoms with E-state index in [4.69, 9.17) is 22.1 Å². The van der Waals surface area contributed by atoms with E-state index in [2.05, 4.69) is 0 Å². The SMILES string of the molecule is COc1c(O)cc(F)c(Cl)c1C1(C(C)N)CC1. The molecular weight excluding hydrogens is 245 g/mol. The lowest BCUT2D eigenvalue weighted by Crippen LogP contribution is -2.32. The number of ether oxygens (including phenoxy) is 1. The van der Waals surface area contributed by atoms with Crippen LogP contribution in [0.1, 0.15) is 25.3 Å². The number of halogens is 2. The highest BCUT2D eigenvalue weighted by molar-refractivity contribution is 6.32. The Kier molecular flexibility index (Phi) is 2.96. The van der Waals surface area contributed by atoms with Crippen molar-refractivity contribution in [1.82, 2.24) is 0 Å². The number of phenolic OH excluding ortho intramolecular Hbond substituents is 1. The van der Waals surface area contributed by atoms with Crippen molar-refractivity contribution in [3.8, 4) is 11.5 Å². The van der Waals surface area contributed by atoms with Crippen LogP contribution in [0.15, 0.2) is 6.07 Å². The fraction of sp³-hybridized carbons (Fsp3) is 0.500. The molecule has 0 heterocycles. The molecule has 0 spiro atoms. The Bertz CT molecular complexity index is 458. The molecule has 0 amide bonds. The lowest BCUT2D eigenvalue weighted by molar-refractivity contribution is 0.358. The first-order valence-corrected chi connectivity index (χ1v) is 5.83. The second-order valence-electron chi connectivity index (χ2n) is 4.54. The molecule has 0 saturated heterocycles. The van der Waals surface area contributed by atoms with Gasteiger partial charge in [-0.3, -0.25) is 0 Å². The molecule has 0 bridgehead atoms. The number of hydrogen-bond acceptors (Lipinski definition) is 3. The number of benzene rings is 1. The molecule has 17 heavy (non-hydrogen) atoms. The Morgan fingerprint density at radius 3 is 2.59 bits per heavy atom. The van der Waals surface area contributed by atoms with Crippen LogP contribution in [0.4, 0.5) is 4.39 Å². The van der Waals surface area contributed by atoms with Gasteiger partial charge >= 0.3 is 0 Å². The molecule has 1 unspecified atom stereocenters. The van der Waals surface area contributed by atoms with Gasteiger partial charge in [0.1, 0.15) is 5.82 Å². The van der Waals surface area contributed by atoms with Crippen LogP contribution in [0.5, 0.6) is 11.5 Å². The van der Waals surface area contributed by atoms with Gasteiger partial charge < -0.3 is 15.6 Å². The standard InChI is InChI=1S/C12H15ClFNO2/c1-6(15)12(3-4-12)9-10(13)7(14)5-8(16)11(9)17-2/h5-6,16H,3-4,15H2,1-2H3. The molecule has 1 saturated carbocycles. The van der Waals surface area contributed by atoms with Crippen molar-refractivity contribution in [3.05, 3.63) is 22.5 Å². The summed E-state index contributed by atoms with van der Waals surface area (Å²) in [4.78, 5) is 0. The van der Waals surface area contributed by atoms with Crippen molar-refractivity contribution in [2.24, 2.45) is 5.73 Å². The monoisotopic (exact) mass is 259 g/mol. The molecule has 5 heteroatoms. The summed E-state index contributed by atoms with van der Waals surface area (Å²) >= 11 is 6.00. The largest absolute Gasteiger partial charge is 0.504 e. The van der Waals surface area contributed by atoms with E-state index in [0.29, 0.717) is 5.56 Å². The molecule has 1 aromatic carbocycles. The molecule has 1 atom stereocenters. The van der Waals surface area contributed by atoms with Crippen LogP contribution in [-0.2, 0) is 5.41 Å². The molecule has 3 nitrogen and oxygen atoms in total. The first kappa shape index (κ1) is 12.5. The molecule has 0 radical (unpaired) electrons. The molecule has 1 fully saturated rings. The third-order valence-electron chi connectivity index (χ3n) is 3.51. The Labute approximate surface area is 104 Å². The van der Waals surface area contributed by atoms with Crippen molar-refractivity contribution >= 4 is 11.6 Å². The van der Waals surface area contributed by atoms with E-state index in [1.165, 1.54) is 7.11 Å². The molecule has 1 aliphatic carbocycles. The van der Waals surface area contributed by atoms with Crippen LogP contribution in [0.25, 0.3) is 0 Å². The minimum Gasteiger partial charge on any atom is -0.504 e. The summed E-state index contributed by atoms with van der Waals surface area (Å²) in [6.45, 7) is 1.85. The maximum absolute atomic E-state index is 13.6. The van der Waals surface area contributed by atoms with Gasteiger partial charge in [-0.1, -0.05) is 11.6 Å². The third-order valence-corrected chi connectivity index (χ3v) is 3.88. The summed E-state index contributed by atoms with van der Waals surface area (Å²) in [5.41, 5.74) is 6.06. The molecular formula is C12H15ClFNO2. The number of aromatic hydroxyl groups is 1. The maximum atomic E-state index is 13.6. The van der Waals surface area contributed by atoms with Gasteiger partial charge in [0.05, 0.1) is 12.1 Å². The van der Waals surface area contributed by atoms with Gasteiger partial charge in [0, 0.05) is 23.1 Å². The highest BCUT2D eigenvalue weighted by atomic mass is 35.5. The fourth-order valence-corrected chi connectivity index (χ4v) is 2.64. The maximum Gasteiger partial charge on any atom is 0.165 e. The summed E-state index contributed by atoms with van der Waals surface area (Å²) in [6, 6.07) is 0.789. The van der Waals surface area contributed by atoms with Crippen LogP contribution < -0.4 is 10.5 Å². The zero-order valence-electron chi connectivity index (χ0n) is 9.76. The van der Waals surface area contributed by atoms with Crippen molar-refractivity contribution < 1.29 is 14.2 Å². The van der Waals surface area contributed by atoms with E-state index in [0.717, 1.165) is 18.9 Å². The lowest BCUT2D eigenvalue weighted by Gasteiger charge is -2.24. The molecule has 1 aliphatic rings. The molecule has 0 aromatic heterocycles. The minimum atomic E-state index is -0.646. The van der Waals surface area contributed by atoms with Crippen molar-refractivity contribution in [2.75, 3.05) is 7.11 Å². The van der Waals surface area contributed by atoms with Gasteiger partial charge in [-0.15, -0.1) is 0 Å². The highest BCUT2D eigenvalue weighted by Crippen LogP contribution is 2.57. The number of phenols is 1. The second-order valence-corrected chi connectivity index (χ2v) is 4.92. The van der Waals surface area contributed by atoms with E-state index >= 15 is 0 Å². The first-order valence-electron chi connectivity index (χ1n) is 5.45. The van der Waals surface area contributed by atoms with Crippen molar-refractivity contribution in [2.45, 2.75) is 31.2 Å². The van der Waals surface area contributed by atoms with Gasteiger partial charge in [0.2, 0.25) is 0 Å². The second kappa shape index (κ2) is 4.03. The predicted octanol–water partition coefficient (Wildman–Crippen LogP) is 2.57. The molecule has 0 aliphatic heterocycles. The Balaban J connectivity index is 2.67. The van der Waals surface area contributed by atoms with Gasteiger partial charge in [-0.05, 0) is 19.8 Å². The van der Waals surface area contributed by atoms with Gasteiger partial charge in [-0.25, -0.2) is 4.39 Å². The van der Waals surface area contributed by atoms with E-state index in [1.54, 1.807) is 0 Å². The lowest BCUT2D eigenvalue weighted by atomic mass is 9.88. The molecule has 94 valence electrons. The summed E-state index contributed by atoms with van der Waals surface area (Å²) in [7, 11) is 1.42. The van der Waals surface area contributed by atoms with E-state index in [9.17, 15) is 9.50 Å². The van der Waals surface area contributed by atoms with E-state index in [1.807, 2.05) is 6.92 Å². The summed E-state index contributed by atoms with van der Waals surface area (Å²) < 4.78 is 18.7. The van der Waals surface area contributed by atoms with Crippen LogP contribution in [-0.4, -0.2) is 18.3 Å². The van der Waals surface area contributed by atoms with Gasteiger partial charge in [0.15, 0.2) is 11.5 Å². The molecule has 3 N–H and O–H groups in total. The first-order chi connectivity index (χ1) is 7.94. The topological polar surface area (TPSA) is 55.5 Å². The van der Waals surface area contributed by atoms with Crippen LogP contribution in [0, 0.1) is 5.82 Å². The van der Waals surface area contributed by atoms with E-state index < -0.39 is 5.82 Å². The Morgan fingerprint density at radius 1 is 1.59 bits per heavy atom. The quantitative estimate of drug-likeness (QED) is 0.877. The van der Waals surface area contributed by atoms with Crippen LogP contribution >= 0.6 is 11.6 Å². The molecule has 2 rings (SSSR count). The smallest absolute Gasteiger partial charge is 0.165 e. The molecule has 1 aromatic rings.